The topological polar surface area (TPSA) is 59.8 Å². The van der Waals surface area contributed by atoms with Gasteiger partial charge in [0.15, 0.2) is 0 Å². The van der Waals surface area contributed by atoms with E-state index in [-0.39, 0.29) is 11.5 Å². The van der Waals surface area contributed by atoms with Gasteiger partial charge >= 0.3 is 0 Å². The Morgan fingerprint density at radius 2 is 1.83 bits per heavy atom. The second-order valence-electron chi connectivity index (χ2n) is 9.89. The van der Waals surface area contributed by atoms with E-state index in [2.05, 4.69) is 72.9 Å². The number of anilines is 1. The van der Waals surface area contributed by atoms with E-state index < -0.39 is 5.60 Å². The maximum atomic E-state index is 12.3. The van der Waals surface area contributed by atoms with Crippen LogP contribution in [0.15, 0.2) is 42.7 Å². The summed E-state index contributed by atoms with van der Waals surface area (Å²) in [6.07, 6.45) is 5.17. The second kappa shape index (κ2) is 7.95. The Hall–Kier alpha value is -1.95. The van der Waals surface area contributed by atoms with E-state index in [9.17, 15) is 10.2 Å². The number of likely N-dealkylation sites (tertiary alicyclic amines) is 1. The van der Waals surface area contributed by atoms with Crippen LogP contribution >= 0.6 is 0 Å². The Morgan fingerprint density at radius 3 is 2.43 bits per heavy atom. The van der Waals surface area contributed by atoms with Crippen molar-refractivity contribution in [2.75, 3.05) is 38.1 Å². The van der Waals surface area contributed by atoms with Gasteiger partial charge in [-0.2, -0.15) is 0 Å². The van der Waals surface area contributed by atoms with E-state index >= 15 is 0 Å². The average molecular weight is 410 g/mol. The number of pyridine rings is 1. The van der Waals surface area contributed by atoms with Crippen LogP contribution in [0.4, 0.5) is 5.69 Å². The molecule has 2 aromatic rings. The first kappa shape index (κ1) is 21.3. The van der Waals surface area contributed by atoms with Gasteiger partial charge in [0, 0.05) is 43.4 Å². The molecule has 4 rings (SSSR count). The first-order valence-corrected chi connectivity index (χ1v) is 11.1. The van der Waals surface area contributed by atoms with Gasteiger partial charge < -0.3 is 20.0 Å². The fourth-order valence-corrected chi connectivity index (χ4v) is 5.33. The Kier molecular flexibility index (Phi) is 5.64. The third kappa shape index (κ3) is 3.64. The zero-order valence-corrected chi connectivity index (χ0v) is 18.7. The first-order chi connectivity index (χ1) is 14.2. The normalized spacial score (nSPS) is 23.8. The summed E-state index contributed by atoms with van der Waals surface area (Å²) >= 11 is 0. The zero-order valence-electron chi connectivity index (χ0n) is 18.7. The highest BCUT2D eigenvalue weighted by atomic mass is 16.3. The molecule has 2 saturated heterocycles. The molecule has 0 aliphatic carbocycles. The van der Waals surface area contributed by atoms with Crippen molar-refractivity contribution >= 4 is 5.69 Å². The van der Waals surface area contributed by atoms with Gasteiger partial charge in [0.05, 0.1) is 18.0 Å². The lowest BCUT2D eigenvalue weighted by molar-refractivity contribution is -0.127. The Balaban J connectivity index is 1.76. The van der Waals surface area contributed by atoms with Gasteiger partial charge in [0.2, 0.25) is 0 Å². The van der Waals surface area contributed by atoms with Crippen LogP contribution in [0, 0.1) is 5.41 Å². The Bertz CT molecular complexity index is 876. The van der Waals surface area contributed by atoms with Gasteiger partial charge in [-0.1, -0.05) is 45.0 Å². The second-order valence-corrected chi connectivity index (χ2v) is 9.89. The molecular weight excluding hydrogens is 374 g/mol. The minimum absolute atomic E-state index is 0.303. The summed E-state index contributed by atoms with van der Waals surface area (Å²) in [5.41, 5.74) is 2.55. The summed E-state index contributed by atoms with van der Waals surface area (Å²) in [6.45, 7) is 9.70. The Labute approximate surface area is 180 Å². The van der Waals surface area contributed by atoms with Gasteiger partial charge in [-0.3, -0.25) is 4.98 Å². The van der Waals surface area contributed by atoms with E-state index in [1.54, 1.807) is 0 Å². The molecule has 162 valence electrons. The molecule has 30 heavy (non-hydrogen) atoms. The fourth-order valence-electron chi connectivity index (χ4n) is 5.33. The molecule has 2 unspecified atom stereocenters. The quantitative estimate of drug-likeness (QED) is 0.793. The molecule has 2 atom stereocenters. The Morgan fingerprint density at radius 1 is 1.13 bits per heavy atom. The molecule has 5 heteroatoms. The minimum atomic E-state index is -1.13. The minimum Gasteiger partial charge on any atom is -0.391 e. The van der Waals surface area contributed by atoms with Crippen LogP contribution in [0.1, 0.15) is 56.2 Å². The predicted molar refractivity (Wildman–Crippen MR) is 121 cm³/mol. The van der Waals surface area contributed by atoms with Crippen molar-refractivity contribution < 1.29 is 10.2 Å². The number of piperidine rings is 1. The van der Waals surface area contributed by atoms with Crippen LogP contribution in [-0.4, -0.2) is 59.4 Å². The van der Waals surface area contributed by atoms with Crippen molar-refractivity contribution in [3.05, 3.63) is 59.4 Å². The van der Waals surface area contributed by atoms with Crippen LogP contribution in [0.25, 0.3) is 0 Å². The summed E-state index contributed by atoms with van der Waals surface area (Å²) in [4.78, 5) is 8.94. The molecule has 0 bridgehead atoms. The maximum absolute atomic E-state index is 12.3. The molecule has 5 nitrogen and oxygen atoms in total. The monoisotopic (exact) mass is 409 g/mol. The molecule has 0 spiro atoms. The van der Waals surface area contributed by atoms with Gasteiger partial charge in [-0.05, 0) is 43.0 Å². The summed E-state index contributed by atoms with van der Waals surface area (Å²) in [6, 6.07) is 10.5. The summed E-state index contributed by atoms with van der Waals surface area (Å²) in [5.74, 6) is 0.452. The SMILES string of the molecule is CC(C)c1ccc(C(O)(c2cncc(N3CCCC(O)C3)c2)C2(C)CN(C)C2)cc1. The smallest absolute Gasteiger partial charge is 0.124 e. The number of aliphatic hydroxyl groups excluding tert-OH is 1. The molecule has 0 saturated carbocycles. The maximum Gasteiger partial charge on any atom is 0.124 e. The molecule has 2 fully saturated rings. The molecule has 3 heterocycles. The van der Waals surface area contributed by atoms with Gasteiger partial charge in [-0.25, -0.2) is 0 Å². The molecule has 2 aliphatic heterocycles. The number of aromatic nitrogens is 1. The summed E-state index contributed by atoms with van der Waals surface area (Å²) in [7, 11) is 2.09. The van der Waals surface area contributed by atoms with E-state index in [4.69, 9.17) is 0 Å². The number of hydrogen-bond acceptors (Lipinski definition) is 5. The van der Waals surface area contributed by atoms with Crippen LogP contribution < -0.4 is 4.90 Å². The molecule has 1 aromatic carbocycles. The van der Waals surface area contributed by atoms with Crippen LogP contribution in [0.3, 0.4) is 0 Å². The van der Waals surface area contributed by atoms with Gasteiger partial charge in [0.25, 0.3) is 0 Å². The highest BCUT2D eigenvalue weighted by molar-refractivity contribution is 5.51. The van der Waals surface area contributed by atoms with Crippen molar-refractivity contribution in [3.8, 4) is 0 Å². The van der Waals surface area contributed by atoms with Crippen LogP contribution in [0.2, 0.25) is 0 Å². The number of hydrogen-bond donors (Lipinski definition) is 2. The van der Waals surface area contributed by atoms with Crippen molar-refractivity contribution in [1.82, 2.24) is 9.88 Å². The predicted octanol–water partition coefficient (Wildman–Crippen LogP) is 3.35. The lowest BCUT2D eigenvalue weighted by Gasteiger charge is -2.56. The van der Waals surface area contributed by atoms with Crippen LogP contribution in [0.5, 0.6) is 0 Å². The van der Waals surface area contributed by atoms with Gasteiger partial charge in [-0.15, -0.1) is 0 Å². The number of benzene rings is 1. The number of aliphatic hydroxyl groups is 2. The summed E-state index contributed by atoms with van der Waals surface area (Å²) in [5, 5.41) is 22.4. The molecule has 0 amide bonds. The highest BCUT2D eigenvalue weighted by Crippen LogP contribution is 2.50. The number of rotatable bonds is 5. The van der Waals surface area contributed by atoms with E-state index in [1.807, 2.05) is 12.4 Å². The third-order valence-electron chi connectivity index (χ3n) is 7.01. The van der Waals surface area contributed by atoms with E-state index in [1.165, 1.54) is 5.56 Å². The lowest BCUT2D eigenvalue weighted by Crippen LogP contribution is -2.63. The van der Waals surface area contributed by atoms with Crippen LogP contribution in [-0.2, 0) is 5.60 Å². The third-order valence-corrected chi connectivity index (χ3v) is 7.01. The first-order valence-electron chi connectivity index (χ1n) is 11.1. The molecule has 2 aliphatic rings. The summed E-state index contributed by atoms with van der Waals surface area (Å²) < 4.78 is 0. The average Bonchev–Trinajstić information content (AvgIpc) is 2.72. The van der Waals surface area contributed by atoms with E-state index in [0.29, 0.717) is 12.5 Å². The molecule has 0 radical (unpaired) electrons. The number of β-amino-alcohol motifs (C(OH)–C–C–N with tert-alkyl or cyclic N) is 1. The largest absolute Gasteiger partial charge is 0.391 e. The fraction of sp³-hybridized carbons (Fsp3) is 0.560. The van der Waals surface area contributed by atoms with Crippen molar-refractivity contribution in [1.29, 1.82) is 0 Å². The highest BCUT2D eigenvalue weighted by Gasteiger charge is 2.55. The standard InChI is InChI=1S/C25H35N3O2/c1-18(2)19-7-9-20(10-8-19)25(30,24(3)16-27(4)17-24)21-12-22(14-26-13-21)28-11-5-6-23(29)15-28/h7-10,12-14,18,23,29-30H,5-6,11,15-17H2,1-4H3. The van der Waals surface area contributed by atoms with Crippen molar-refractivity contribution in [2.24, 2.45) is 5.41 Å². The lowest BCUT2D eigenvalue weighted by atomic mass is 9.62. The van der Waals surface area contributed by atoms with Crippen molar-refractivity contribution in [3.63, 3.8) is 0 Å². The molecule has 1 aromatic heterocycles. The number of nitrogens with zero attached hydrogens (tertiary/aromatic N) is 3. The molecule has 2 N–H and O–H groups in total. The van der Waals surface area contributed by atoms with E-state index in [0.717, 1.165) is 49.3 Å². The molecular formula is C25H35N3O2. The zero-order chi connectivity index (χ0) is 21.5. The van der Waals surface area contributed by atoms with Gasteiger partial charge in [0.1, 0.15) is 5.60 Å². The van der Waals surface area contributed by atoms with Crippen molar-refractivity contribution in [2.45, 2.75) is 51.2 Å².